The predicted octanol–water partition coefficient (Wildman–Crippen LogP) is 2.67. The topological polar surface area (TPSA) is 66.5 Å². The van der Waals surface area contributed by atoms with Gasteiger partial charge in [-0.3, -0.25) is 4.79 Å². The van der Waals surface area contributed by atoms with Crippen LogP contribution in [0.4, 0.5) is 8.78 Å². The molecule has 1 amide bonds. The molecule has 0 spiro atoms. The van der Waals surface area contributed by atoms with Crippen molar-refractivity contribution in [3.05, 3.63) is 29.8 Å². The summed E-state index contributed by atoms with van der Waals surface area (Å²) in [5.41, 5.74) is 0. The molecular formula is C19H24F2N2O3S. The Hall–Kier alpha value is -1.54. The van der Waals surface area contributed by atoms with E-state index in [1.54, 1.807) is 0 Å². The fraction of sp³-hybridized carbons (Fsp3) is 0.632. The lowest BCUT2D eigenvalue weighted by atomic mass is 9.96. The van der Waals surface area contributed by atoms with Gasteiger partial charge in [0.15, 0.2) is 11.6 Å². The second-order valence-corrected chi connectivity index (χ2v) is 9.90. The smallest absolute Gasteiger partial charge is 0.243 e. The summed E-state index contributed by atoms with van der Waals surface area (Å²) in [5.74, 6) is -1.18. The van der Waals surface area contributed by atoms with Crippen LogP contribution in [0.15, 0.2) is 23.1 Å². The van der Waals surface area contributed by atoms with Crippen LogP contribution < -0.4 is 5.32 Å². The Morgan fingerprint density at radius 2 is 1.59 bits per heavy atom. The Labute approximate surface area is 158 Å². The van der Waals surface area contributed by atoms with Crippen molar-refractivity contribution in [2.24, 2.45) is 17.8 Å². The van der Waals surface area contributed by atoms with Gasteiger partial charge in [0.1, 0.15) is 0 Å². The number of carbonyl (C=O) groups is 1. The van der Waals surface area contributed by atoms with Gasteiger partial charge < -0.3 is 5.32 Å². The third-order valence-electron chi connectivity index (χ3n) is 5.92. The Balaban J connectivity index is 1.36. The summed E-state index contributed by atoms with van der Waals surface area (Å²) in [6.45, 7) is 0.411. The molecule has 4 rings (SSSR count). The highest BCUT2D eigenvalue weighted by atomic mass is 32.2. The van der Waals surface area contributed by atoms with E-state index in [0.717, 1.165) is 12.1 Å². The minimum Gasteiger partial charge on any atom is -0.353 e. The number of piperidine rings is 1. The van der Waals surface area contributed by atoms with Gasteiger partial charge in [0.2, 0.25) is 15.9 Å². The van der Waals surface area contributed by atoms with Crippen molar-refractivity contribution in [2.45, 2.75) is 49.5 Å². The van der Waals surface area contributed by atoms with E-state index >= 15 is 0 Å². The molecule has 5 nitrogen and oxygen atoms in total. The molecule has 1 saturated heterocycles. The molecule has 2 saturated carbocycles. The monoisotopic (exact) mass is 398 g/mol. The highest BCUT2D eigenvalue weighted by Gasteiger charge is 2.43. The largest absolute Gasteiger partial charge is 0.353 e. The van der Waals surface area contributed by atoms with E-state index < -0.39 is 21.7 Å². The first-order valence-corrected chi connectivity index (χ1v) is 11.1. The van der Waals surface area contributed by atoms with Crippen molar-refractivity contribution in [1.29, 1.82) is 0 Å². The predicted molar refractivity (Wildman–Crippen MR) is 95.2 cm³/mol. The molecule has 8 heteroatoms. The van der Waals surface area contributed by atoms with Crippen molar-refractivity contribution in [3.63, 3.8) is 0 Å². The van der Waals surface area contributed by atoms with Gasteiger partial charge in [0.05, 0.1) is 4.90 Å². The summed E-state index contributed by atoms with van der Waals surface area (Å²) in [7, 11) is -3.89. The maximum absolute atomic E-state index is 13.4. The molecule has 0 aromatic heterocycles. The zero-order valence-electron chi connectivity index (χ0n) is 15.0. The van der Waals surface area contributed by atoms with Gasteiger partial charge in [-0.1, -0.05) is 0 Å². The normalized spacial score (nSPS) is 22.2. The van der Waals surface area contributed by atoms with E-state index in [1.807, 2.05) is 0 Å². The Morgan fingerprint density at radius 1 is 1.00 bits per heavy atom. The fourth-order valence-corrected chi connectivity index (χ4v) is 5.44. The van der Waals surface area contributed by atoms with Crippen LogP contribution in [0.5, 0.6) is 0 Å². The van der Waals surface area contributed by atoms with Crippen molar-refractivity contribution >= 4 is 15.9 Å². The number of sulfonamides is 1. The molecule has 2 aliphatic carbocycles. The number of amides is 1. The molecule has 1 N–H and O–H groups in total. The van der Waals surface area contributed by atoms with Crippen LogP contribution in [0.2, 0.25) is 0 Å². The van der Waals surface area contributed by atoms with Crippen molar-refractivity contribution in [2.75, 3.05) is 13.1 Å². The molecule has 0 radical (unpaired) electrons. The van der Waals surface area contributed by atoms with Crippen LogP contribution in [-0.2, 0) is 14.8 Å². The third-order valence-corrected chi connectivity index (χ3v) is 7.82. The average Bonchev–Trinajstić information content (AvgIpc) is 3.55. The average molecular weight is 398 g/mol. The number of hydrogen-bond acceptors (Lipinski definition) is 3. The summed E-state index contributed by atoms with van der Waals surface area (Å²) in [5, 5.41) is 3.21. The third kappa shape index (κ3) is 4.01. The minimum absolute atomic E-state index is 0.0312. The molecule has 0 bridgehead atoms. The molecule has 1 aromatic carbocycles. The van der Waals surface area contributed by atoms with E-state index in [0.29, 0.717) is 36.8 Å². The number of nitrogens with zero attached hydrogens (tertiary/aromatic N) is 1. The van der Waals surface area contributed by atoms with E-state index in [9.17, 15) is 22.0 Å². The molecule has 3 aliphatic rings. The number of nitrogens with one attached hydrogen (secondary N) is 1. The van der Waals surface area contributed by atoms with Crippen LogP contribution >= 0.6 is 0 Å². The Kier molecular flexibility index (Phi) is 4.96. The second kappa shape index (κ2) is 7.13. The first kappa shape index (κ1) is 18.8. The standard InChI is InChI=1S/C19H24F2N2O3S/c20-16-6-5-15(11-17(16)21)27(25,26)23-9-7-14(8-10-23)19(24)22-18(12-1-2-12)13-3-4-13/h5-6,11-14,18H,1-4,7-10H2,(H,22,24). The van der Waals surface area contributed by atoms with Crippen LogP contribution in [0.1, 0.15) is 38.5 Å². The van der Waals surface area contributed by atoms with Gasteiger partial charge in [0, 0.05) is 25.0 Å². The maximum Gasteiger partial charge on any atom is 0.243 e. The van der Waals surface area contributed by atoms with Gasteiger partial charge in [-0.15, -0.1) is 0 Å². The maximum atomic E-state index is 13.4. The number of benzene rings is 1. The van der Waals surface area contributed by atoms with Gasteiger partial charge >= 0.3 is 0 Å². The summed E-state index contributed by atoms with van der Waals surface area (Å²) in [6, 6.07) is 2.89. The lowest BCUT2D eigenvalue weighted by Gasteiger charge is -2.31. The minimum atomic E-state index is -3.89. The van der Waals surface area contributed by atoms with Crippen molar-refractivity contribution in [3.8, 4) is 0 Å². The number of hydrogen-bond donors (Lipinski definition) is 1. The van der Waals surface area contributed by atoms with Crippen LogP contribution in [0.3, 0.4) is 0 Å². The number of carbonyl (C=O) groups excluding carboxylic acids is 1. The lowest BCUT2D eigenvalue weighted by Crippen LogP contribution is -2.46. The molecule has 1 aromatic rings. The van der Waals surface area contributed by atoms with E-state index in [1.165, 1.54) is 30.0 Å². The number of rotatable bonds is 6. The molecule has 0 atom stereocenters. The SMILES string of the molecule is O=C(NC(C1CC1)C1CC1)C1CCN(S(=O)(=O)c2ccc(F)c(F)c2)CC1. The molecule has 27 heavy (non-hydrogen) atoms. The van der Waals surface area contributed by atoms with Gasteiger partial charge in [-0.05, 0) is 68.6 Å². The molecular weight excluding hydrogens is 374 g/mol. The van der Waals surface area contributed by atoms with Crippen LogP contribution in [-0.4, -0.2) is 37.8 Å². The highest BCUT2D eigenvalue weighted by Crippen LogP contribution is 2.44. The van der Waals surface area contributed by atoms with Crippen molar-refractivity contribution in [1.82, 2.24) is 9.62 Å². The molecule has 1 aliphatic heterocycles. The zero-order valence-corrected chi connectivity index (χ0v) is 15.9. The highest BCUT2D eigenvalue weighted by molar-refractivity contribution is 7.89. The first-order valence-electron chi connectivity index (χ1n) is 9.62. The molecule has 3 fully saturated rings. The summed E-state index contributed by atoms with van der Waals surface area (Å²) >= 11 is 0. The zero-order chi connectivity index (χ0) is 19.2. The van der Waals surface area contributed by atoms with E-state index in [4.69, 9.17) is 0 Å². The molecule has 148 valence electrons. The van der Waals surface area contributed by atoms with Crippen molar-refractivity contribution < 1.29 is 22.0 Å². The Morgan fingerprint density at radius 3 is 2.11 bits per heavy atom. The second-order valence-electron chi connectivity index (χ2n) is 7.96. The fourth-order valence-electron chi connectivity index (χ4n) is 3.96. The first-order chi connectivity index (χ1) is 12.9. The van der Waals surface area contributed by atoms with Crippen LogP contribution in [0.25, 0.3) is 0 Å². The van der Waals surface area contributed by atoms with Gasteiger partial charge in [-0.2, -0.15) is 4.31 Å². The van der Waals surface area contributed by atoms with E-state index in [-0.39, 0.29) is 29.8 Å². The molecule has 0 unspecified atom stereocenters. The number of halogens is 2. The lowest BCUT2D eigenvalue weighted by molar-refractivity contribution is -0.127. The van der Waals surface area contributed by atoms with Gasteiger partial charge in [0.25, 0.3) is 0 Å². The van der Waals surface area contributed by atoms with Gasteiger partial charge in [-0.25, -0.2) is 17.2 Å². The van der Waals surface area contributed by atoms with E-state index in [2.05, 4.69) is 5.32 Å². The quantitative estimate of drug-likeness (QED) is 0.801. The summed E-state index contributed by atoms with van der Waals surface area (Å²) < 4.78 is 53.0. The summed E-state index contributed by atoms with van der Waals surface area (Å²) in [6.07, 6.45) is 5.63. The van der Waals surface area contributed by atoms with Crippen LogP contribution in [0, 0.1) is 29.4 Å². The molecule has 1 heterocycles. The summed E-state index contributed by atoms with van der Waals surface area (Å²) in [4.78, 5) is 12.4. The Bertz CT molecular complexity index is 817.